The van der Waals surface area contributed by atoms with Crippen molar-refractivity contribution >= 4 is 17.9 Å². The molecule has 0 aliphatic rings. The maximum atomic E-state index is 12.8. The molecule has 0 rings (SSSR count). The van der Waals surface area contributed by atoms with Crippen molar-refractivity contribution in [1.29, 1.82) is 0 Å². The van der Waals surface area contributed by atoms with E-state index in [1.165, 1.54) is 186 Å². The van der Waals surface area contributed by atoms with Gasteiger partial charge in [-0.3, -0.25) is 14.4 Å². The van der Waals surface area contributed by atoms with Crippen LogP contribution < -0.4 is 0 Å². The third-order valence-electron chi connectivity index (χ3n) is 12.5. The quantitative estimate of drug-likeness (QED) is 0.0262. The number of rotatable bonds is 51. The van der Waals surface area contributed by atoms with Crippen LogP contribution in [-0.2, 0) is 28.6 Å². The fraction of sp³-hybridized carbons (Fsp3) is 0.877. The lowest BCUT2D eigenvalue weighted by molar-refractivity contribution is -0.167. The van der Waals surface area contributed by atoms with E-state index in [1.54, 1.807) is 0 Å². The fourth-order valence-electron chi connectivity index (χ4n) is 8.24. The lowest BCUT2D eigenvalue weighted by Gasteiger charge is -2.18. The first-order valence-electron chi connectivity index (χ1n) is 27.8. The monoisotopic (exact) mass is 887 g/mol. The largest absolute Gasteiger partial charge is 0.462 e. The number of unbranched alkanes of at least 4 members (excludes halogenated alkanes) is 36. The van der Waals surface area contributed by atoms with E-state index in [2.05, 4.69) is 45.1 Å². The van der Waals surface area contributed by atoms with Crippen molar-refractivity contribution in [3.63, 3.8) is 0 Å². The van der Waals surface area contributed by atoms with Crippen LogP contribution in [-0.4, -0.2) is 37.2 Å². The standard InChI is InChI=1S/C57H106O6/c1-4-7-10-13-16-18-20-22-24-25-26-27-28-29-30-31-33-34-36-38-41-44-47-50-56(59)62-53-54(52-61-55(58)49-46-43-40-15-12-9-6-3)63-57(60)51-48-45-42-39-37-35-32-23-21-19-17-14-11-8-5-2/h17,19,23,32,54H,4-16,18,20-22,24-31,33-53H2,1-3H3/b19-17-,32-23-. The van der Waals surface area contributed by atoms with Gasteiger partial charge in [-0.15, -0.1) is 0 Å². The Morgan fingerprint density at radius 3 is 0.905 bits per heavy atom. The Kier molecular flexibility index (Phi) is 50.8. The zero-order chi connectivity index (χ0) is 45.8. The lowest BCUT2D eigenvalue weighted by atomic mass is 10.0. The Bertz CT molecular complexity index is 1020. The van der Waals surface area contributed by atoms with Gasteiger partial charge in [-0.05, 0) is 51.4 Å². The predicted octanol–water partition coefficient (Wildman–Crippen LogP) is 18.3. The topological polar surface area (TPSA) is 78.9 Å². The van der Waals surface area contributed by atoms with E-state index in [-0.39, 0.29) is 31.1 Å². The second-order valence-corrected chi connectivity index (χ2v) is 18.9. The number of carbonyl (C=O) groups is 3. The summed E-state index contributed by atoms with van der Waals surface area (Å²) < 4.78 is 16.8. The highest BCUT2D eigenvalue weighted by Gasteiger charge is 2.19. The van der Waals surface area contributed by atoms with Crippen LogP contribution in [0.4, 0.5) is 0 Å². The number of ether oxygens (including phenoxy) is 3. The van der Waals surface area contributed by atoms with Gasteiger partial charge in [0.15, 0.2) is 6.10 Å². The molecule has 0 saturated heterocycles. The van der Waals surface area contributed by atoms with Crippen LogP contribution in [0.2, 0.25) is 0 Å². The summed E-state index contributed by atoms with van der Waals surface area (Å²) in [6.45, 7) is 6.60. The van der Waals surface area contributed by atoms with E-state index in [0.29, 0.717) is 19.3 Å². The molecule has 1 unspecified atom stereocenters. The first kappa shape index (κ1) is 60.9. The molecule has 0 bridgehead atoms. The van der Waals surface area contributed by atoms with E-state index in [4.69, 9.17) is 14.2 Å². The minimum Gasteiger partial charge on any atom is -0.462 e. The summed E-state index contributed by atoms with van der Waals surface area (Å²) in [7, 11) is 0. The van der Waals surface area contributed by atoms with Crippen LogP contribution >= 0.6 is 0 Å². The summed E-state index contributed by atoms with van der Waals surface area (Å²) in [4.78, 5) is 37.8. The molecule has 0 spiro atoms. The summed E-state index contributed by atoms with van der Waals surface area (Å²) in [6.07, 6.45) is 60.5. The molecule has 0 heterocycles. The Balaban J connectivity index is 4.13. The van der Waals surface area contributed by atoms with E-state index in [0.717, 1.165) is 77.0 Å². The highest BCUT2D eigenvalue weighted by atomic mass is 16.6. The molecule has 0 radical (unpaired) electrons. The molecule has 1 atom stereocenters. The first-order valence-corrected chi connectivity index (χ1v) is 27.8. The Labute approximate surface area is 392 Å². The zero-order valence-electron chi connectivity index (χ0n) is 42.4. The van der Waals surface area contributed by atoms with E-state index < -0.39 is 6.10 Å². The van der Waals surface area contributed by atoms with Gasteiger partial charge in [-0.25, -0.2) is 0 Å². The Hall–Kier alpha value is -2.11. The lowest BCUT2D eigenvalue weighted by Crippen LogP contribution is -2.30. The van der Waals surface area contributed by atoms with Crippen LogP contribution in [0.1, 0.15) is 303 Å². The molecular weight excluding hydrogens is 781 g/mol. The van der Waals surface area contributed by atoms with Crippen molar-refractivity contribution in [1.82, 2.24) is 0 Å². The Morgan fingerprint density at radius 1 is 0.317 bits per heavy atom. The van der Waals surface area contributed by atoms with Gasteiger partial charge < -0.3 is 14.2 Å². The van der Waals surface area contributed by atoms with Gasteiger partial charge in [0, 0.05) is 19.3 Å². The number of esters is 3. The van der Waals surface area contributed by atoms with E-state index in [9.17, 15) is 14.4 Å². The molecule has 0 amide bonds. The summed E-state index contributed by atoms with van der Waals surface area (Å²) in [5.74, 6) is -0.878. The van der Waals surface area contributed by atoms with E-state index in [1.807, 2.05) is 0 Å². The molecule has 0 aliphatic carbocycles. The van der Waals surface area contributed by atoms with E-state index >= 15 is 0 Å². The van der Waals surface area contributed by atoms with Crippen molar-refractivity contribution in [2.45, 2.75) is 309 Å². The van der Waals surface area contributed by atoms with Gasteiger partial charge in [0.25, 0.3) is 0 Å². The maximum absolute atomic E-state index is 12.8. The van der Waals surface area contributed by atoms with Crippen LogP contribution in [0.25, 0.3) is 0 Å². The van der Waals surface area contributed by atoms with Gasteiger partial charge >= 0.3 is 17.9 Å². The second kappa shape index (κ2) is 52.5. The third kappa shape index (κ3) is 50.7. The van der Waals surface area contributed by atoms with Gasteiger partial charge in [0.1, 0.15) is 13.2 Å². The molecule has 370 valence electrons. The highest BCUT2D eigenvalue weighted by molar-refractivity contribution is 5.71. The molecule has 0 aromatic rings. The minimum absolute atomic E-state index is 0.0726. The van der Waals surface area contributed by atoms with Crippen molar-refractivity contribution in [3.05, 3.63) is 24.3 Å². The van der Waals surface area contributed by atoms with Gasteiger partial charge in [-0.2, -0.15) is 0 Å². The SMILES string of the molecule is CCCCC/C=C\C/C=C\CCCCCCCC(=O)OC(COC(=O)CCCCCCCCC)COC(=O)CCCCCCCCCCCCCCCCCCCCCCCCC. The van der Waals surface area contributed by atoms with Crippen molar-refractivity contribution in [3.8, 4) is 0 Å². The number of allylic oxidation sites excluding steroid dienone is 4. The number of carbonyl (C=O) groups excluding carboxylic acids is 3. The van der Waals surface area contributed by atoms with Crippen LogP contribution in [0.15, 0.2) is 24.3 Å². The maximum Gasteiger partial charge on any atom is 0.306 e. The third-order valence-corrected chi connectivity index (χ3v) is 12.5. The smallest absolute Gasteiger partial charge is 0.306 e. The predicted molar refractivity (Wildman–Crippen MR) is 270 cm³/mol. The van der Waals surface area contributed by atoms with Crippen molar-refractivity contribution < 1.29 is 28.6 Å². The molecular formula is C57H106O6. The molecule has 6 nitrogen and oxygen atoms in total. The molecule has 0 aliphatic heterocycles. The summed E-state index contributed by atoms with van der Waals surface area (Å²) in [6, 6.07) is 0. The molecule has 6 heteroatoms. The average Bonchev–Trinajstić information content (AvgIpc) is 3.28. The number of hydrogen-bond acceptors (Lipinski definition) is 6. The van der Waals surface area contributed by atoms with Crippen molar-refractivity contribution in [2.24, 2.45) is 0 Å². The molecule has 0 aromatic carbocycles. The molecule has 0 saturated carbocycles. The van der Waals surface area contributed by atoms with Gasteiger partial charge in [0.05, 0.1) is 0 Å². The summed E-state index contributed by atoms with van der Waals surface area (Å²) >= 11 is 0. The molecule has 0 aromatic heterocycles. The van der Waals surface area contributed by atoms with Crippen molar-refractivity contribution in [2.75, 3.05) is 13.2 Å². The highest BCUT2D eigenvalue weighted by Crippen LogP contribution is 2.17. The molecule has 0 N–H and O–H groups in total. The minimum atomic E-state index is -0.771. The first-order chi connectivity index (χ1) is 31.0. The molecule has 63 heavy (non-hydrogen) atoms. The summed E-state index contributed by atoms with van der Waals surface area (Å²) in [5.41, 5.74) is 0. The fourth-order valence-corrected chi connectivity index (χ4v) is 8.24. The normalized spacial score (nSPS) is 12.1. The van der Waals surface area contributed by atoms with Crippen LogP contribution in [0, 0.1) is 0 Å². The molecule has 0 fully saturated rings. The van der Waals surface area contributed by atoms with Crippen LogP contribution in [0.3, 0.4) is 0 Å². The second-order valence-electron chi connectivity index (χ2n) is 18.9. The van der Waals surface area contributed by atoms with Gasteiger partial charge in [0.2, 0.25) is 0 Å². The number of hydrogen-bond donors (Lipinski definition) is 0. The van der Waals surface area contributed by atoms with Gasteiger partial charge in [-0.1, -0.05) is 257 Å². The average molecular weight is 887 g/mol. The van der Waals surface area contributed by atoms with Crippen LogP contribution in [0.5, 0.6) is 0 Å². The Morgan fingerprint density at radius 2 is 0.571 bits per heavy atom. The summed E-state index contributed by atoms with van der Waals surface area (Å²) in [5, 5.41) is 0. The zero-order valence-corrected chi connectivity index (χ0v) is 42.4.